The quantitative estimate of drug-likeness (QED) is 0.394. The summed E-state index contributed by atoms with van der Waals surface area (Å²) in [6.45, 7) is 4.13. The molecule has 33 heavy (non-hydrogen) atoms. The van der Waals surface area contributed by atoms with Crippen molar-refractivity contribution in [2.45, 2.75) is 20.4 Å². The van der Waals surface area contributed by atoms with Gasteiger partial charge in [-0.2, -0.15) is 5.10 Å². The smallest absolute Gasteiger partial charge is 0.246 e. The van der Waals surface area contributed by atoms with E-state index in [1.54, 1.807) is 11.8 Å². The predicted molar refractivity (Wildman–Crippen MR) is 132 cm³/mol. The number of benzene rings is 3. The van der Waals surface area contributed by atoms with Gasteiger partial charge in [0.05, 0.1) is 18.1 Å². The van der Waals surface area contributed by atoms with Gasteiger partial charge >= 0.3 is 0 Å². The van der Waals surface area contributed by atoms with Crippen LogP contribution in [0.4, 0.5) is 5.69 Å². The zero-order chi connectivity index (χ0) is 22.9. The standard InChI is InChI=1S/C27H24N4O2/c1-17-7-9-19(10-8-17)26-23-15-28-24-12-11-21(33-3)14-22(24)27(23)31(30-26)16-25(32)29-20-6-4-5-18(2)13-20/h4-15H,16H2,1-3H3,(H,29,32). The van der Waals surface area contributed by atoms with Gasteiger partial charge in [0.2, 0.25) is 5.91 Å². The summed E-state index contributed by atoms with van der Waals surface area (Å²) in [6, 6.07) is 21.7. The van der Waals surface area contributed by atoms with E-state index >= 15 is 0 Å². The molecule has 0 unspecified atom stereocenters. The van der Waals surface area contributed by atoms with E-state index in [2.05, 4.69) is 29.4 Å². The summed E-state index contributed by atoms with van der Waals surface area (Å²) in [5, 5.41) is 9.63. The third kappa shape index (κ3) is 4.03. The van der Waals surface area contributed by atoms with Crippen LogP contribution >= 0.6 is 0 Å². The minimum atomic E-state index is -0.145. The molecule has 0 aliphatic rings. The molecule has 5 rings (SSSR count). The molecule has 0 bridgehead atoms. The van der Waals surface area contributed by atoms with Crippen molar-refractivity contribution in [1.29, 1.82) is 0 Å². The normalized spacial score (nSPS) is 11.1. The average molecular weight is 437 g/mol. The molecule has 6 nitrogen and oxygen atoms in total. The first-order chi connectivity index (χ1) is 16.0. The molecule has 0 fully saturated rings. The van der Waals surface area contributed by atoms with Crippen LogP contribution in [0, 0.1) is 13.8 Å². The number of aryl methyl sites for hydroxylation is 2. The van der Waals surface area contributed by atoms with E-state index in [0.717, 1.165) is 50.1 Å². The van der Waals surface area contributed by atoms with Gasteiger partial charge in [0.15, 0.2) is 0 Å². The fraction of sp³-hybridized carbons (Fsp3) is 0.148. The number of methoxy groups -OCH3 is 1. The number of nitrogens with one attached hydrogen (secondary N) is 1. The molecule has 1 N–H and O–H groups in total. The Bertz CT molecular complexity index is 1490. The number of pyridine rings is 1. The Morgan fingerprint density at radius 3 is 2.55 bits per heavy atom. The Morgan fingerprint density at radius 1 is 0.970 bits per heavy atom. The third-order valence-electron chi connectivity index (χ3n) is 5.70. The summed E-state index contributed by atoms with van der Waals surface area (Å²) < 4.78 is 7.21. The number of nitrogens with zero attached hydrogens (tertiary/aromatic N) is 3. The summed E-state index contributed by atoms with van der Waals surface area (Å²) in [5.41, 5.74) is 6.48. The molecule has 0 saturated heterocycles. The first-order valence-electron chi connectivity index (χ1n) is 10.8. The van der Waals surface area contributed by atoms with Crippen LogP contribution in [0.15, 0.2) is 72.9 Å². The summed E-state index contributed by atoms with van der Waals surface area (Å²) in [5.74, 6) is 0.582. The maximum Gasteiger partial charge on any atom is 0.246 e. The average Bonchev–Trinajstić information content (AvgIpc) is 3.17. The van der Waals surface area contributed by atoms with E-state index < -0.39 is 0 Å². The second kappa shape index (κ2) is 8.39. The summed E-state index contributed by atoms with van der Waals surface area (Å²) in [7, 11) is 1.64. The number of amides is 1. The molecule has 0 saturated carbocycles. The second-order valence-corrected chi connectivity index (χ2v) is 8.19. The second-order valence-electron chi connectivity index (χ2n) is 8.19. The van der Waals surface area contributed by atoms with Crippen LogP contribution in [0.3, 0.4) is 0 Å². The SMILES string of the molecule is COc1ccc2ncc3c(-c4ccc(C)cc4)nn(CC(=O)Nc4cccc(C)c4)c3c2c1. The van der Waals surface area contributed by atoms with Gasteiger partial charge in [-0.05, 0) is 49.7 Å². The van der Waals surface area contributed by atoms with E-state index in [1.165, 1.54) is 5.56 Å². The summed E-state index contributed by atoms with van der Waals surface area (Å²) >= 11 is 0. The largest absolute Gasteiger partial charge is 0.497 e. The fourth-order valence-electron chi connectivity index (χ4n) is 4.06. The Hall–Kier alpha value is -4.19. The van der Waals surface area contributed by atoms with Crippen LogP contribution in [0.5, 0.6) is 5.75 Å². The van der Waals surface area contributed by atoms with Crippen LogP contribution in [0.2, 0.25) is 0 Å². The Labute approximate surface area is 191 Å². The van der Waals surface area contributed by atoms with Crippen molar-refractivity contribution in [2.75, 3.05) is 12.4 Å². The van der Waals surface area contributed by atoms with Crippen molar-refractivity contribution in [3.8, 4) is 17.0 Å². The molecule has 2 aromatic heterocycles. The van der Waals surface area contributed by atoms with E-state index in [1.807, 2.05) is 67.7 Å². The number of rotatable bonds is 5. The zero-order valence-electron chi connectivity index (χ0n) is 18.8. The fourth-order valence-corrected chi connectivity index (χ4v) is 4.06. The van der Waals surface area contributed by atoms with Crippen LogP contribution in [-0.4, -0.2) is 27.8 Å². The van der Waals surface area contributed by atoms with Crippen molar-refractivity contribution in [3.05, 3.63) is 84.1 Å². The molecule has 1 amide bonds. The molecule has 0 radical (unpaired) electrons. The Kier molecular flexibility index (Phi) is 5.26. The van der Waals surface area contributed by atoms with Gasteiger partial charge < -0.3 is 10.1 Å². The number of hydrogen-bond acceptors (Lipinski definition) is 4. The summed E-state index contributed by atoms with van der Waals surface area (Å²) in [4.78, 5) is 17.6. The first kappa shape index (κ1) is 20.7. The molecule has 0 aliphatic carbocycles. The van der Waals surface area contributed by atoms with Crippen LogP contribution in [0.25, 0.3) is 33.1 Å². The lowest BCUT2D eigenvalue weighted by atomic mass is 10.1. The van der Waals surface area contributed by atoms with Crippen LogP contribution in [-0.2, 0) is 11.3 Å². The van der Waals surface area contributed by atoms with E-state index in [-0.39, 0.29) is 12.5 Å². The molecule has 0 spiro atoms. The molecule has 6 heteroatoms. The Morgan fingerprint density at radius 2 is 1.79 bits per heavy atom. The van der Waals surface area contributed by atoms with Crippen LogP contribution < -0.4 is 10.1 Å². The molecule has 5 aromatic rings. The number of hydrogen-bond donors (Lipinski definition) is 1. The van der Waals surface area contributed by atoms with Gasteiger partial charge in [-0.25, -0.2) is 0 Å². The Balaban J connectivity index is 1.64. The van der Waals surface area contributed by atoms with Gasteiger partial charge in [-0.3, -0.25) is 14.5 Å². The highest BCUT2D eigenvalue weighted by Gasteiger charge is 2.18. The molecule has 3 aromatic carbocycles. The highest BCUT2D eigenvalue weighted by Crippen LogP contribution is 2.33. The number of anilines is 1. The zero-order valence-corrected chi connectivity index (χ0v) is 18.8. The van der Waals surface area contributed by atoms with Crippen molar-refractivity contribution in [1.82, 2.24) is 14.8 Å². The molecule has 0 atom stereocenters. The van der Waals surface area contributed by atoms with E-state index in [4.69, 9.17) is 9.84 Å². The topological polar surface area (TPSA) is 69.0 Å². The predicted octanol–water partition coefficient (Wildman–Crippen LogP) is 5.52. The number of fused-ring (bicyclic) bond motifs is 3. The van der Waals surface area contributed by atoms with Crippen molar-refractivity contribution in [3.63, 3.8) is 0 Å². The number of aromatic nitrogens is 3. The van der Waals surface area contributed by atoms with Gasteiger partial charge in [-0.15, -0.1) is 0 Å². The lowest BCUT2D eigenvalue weighted by molar-refractivity contribution is -0.116. The van der Waals surface area contributed by atoms with Gasteiger partial charge in [-0.1, -0.05) is 42.0 Å². The third-order valence-corrected chi connectivity index (χ3v) is 5.70. The van der Waals surface area contributed by atoms with Crippen molar-refractivity contribution >= 4 is 33.4 Å². The first-order valence-corrected chi connectivity index (χ1v) is 10.8. The van der Waals surface area contributed by atoms with Crippen LogP contribution in [0.1, 0.15) is 11.1 Å². The minimum Gasteiger partial charge on any atom is -0.497 e. The monoisotopic (exact) mass is 436 g/mol. The van der Waals surface area contributed by atoms with Crippen molar-refractivity contribution < 1.29 is 9.53 Å². The molecule has 0 aliphatic heterocycles. The van der Waals surface area contributed by atoms with Crippen molar-refractivity contribution in [2.24, 2.45) is 0 Å². The maximum absolute atomic E-state index is 13.0. The molecular weight excluding hydrogens is 412 g/mol. The van der Waals surface area contributed by atoms with Gasteiger partial charge in [0.1, 0.15) is 18.0 Å². The van der Waals surface area contributed by atoms with Gasteiger partial charge in [0, 0.05) is 28.2 Å². The highest BCUT2D eigenvalue weighted by molar-refractivity contribution is 6.09. The van der Waals surface area contributed by atoms with E-state index in [0.29, 0.717) is 0 Å². The number of carbonyl (C=O) groups excluding carboxylic acids is 1. The lowest BCUT2D eigenvalue weighted by Crippen LogP contribution is -2.19. The molecule has 2 heterocycles. The minimum absolute atomic E-state index is 0.0760. The van der Waals surface area contributed by atoms with Gasteiger partial charge in [0.25, 0.3) is 0 Å². The van der Waals surface area contributed by atoms with E-state index in [9.17, 15) is 4.79 Å². The lowest BCUT2D eigenvalue weighted by Gasteiger charge is -2.09. The summed E-state index contributed by atoms with van der Waals surface area (Å²) in [6.07, 6.45) is 1.83. The number of carbonyl (C=O) groups is 1. The maximum atomic E-state index is 13.0. The highest BCUT2D eigenvalue weighted by atomic mass is 16.5. The number of ether oxygens (including phenoxy) is 1. The molecule has 164 valence electrons. The molecular formula is C27H24N4O2.